The van der Waals surface area contributed by atoms with E-state index in [1.54, 1.807) is 0 Å². The van der Waals surface area contributed by atoms with E-state index in [4.69, 9.17) is 15.0 Å². The number of amides is 2. The fourth-order valence-electron chi connectivity index (χ4n) is 7.08. The minimum atomic E-state index is -0.820. The van der Waals surface area contributed by atoms with Crippen LogP contribution in [-0.4, -0.2) is 60.2 Å². The van der Waals surface area contributed by atoms with Crippen LogP contribution in [0.5, 0.6) is 0 Å². The maximum absolute atomic E-state index is 13.8. The number of nitrogens with one attached hydrogen (secondary N) is 3. The molecule has 2 amide bonds. The van der Waals surface area contributed by atoms with E-state index in [1.807, 2.05) is 19.3 Å². The van der Waals surface area contributed by atoms with Crippen LogP contribution in [0.1, 0.15) is 107 Å². The van der Waals surface area contributed by atoms with E-state index in [9.17, 15) is 19.7 Å². The van der Waals surface area contributed by atoms with E-state index in [2.05, 4.69) is 57.2 Å². The predicted octanol–water partition coefficient (Wildman–Crippen LogP) is 3.36. The predicted molar refractivity (Wildman–Crippen MR) is 163 cm³/mol. The molecular weight excluding hydrogens is 539 g/mol. The minimum absolute atomic E-state index is 0.00296. The van der Waals surface area contributed by atoms with Crippen molar-refractivity contribution < 1.29 is 23.9 Å². The molecule has 13 heteroatoms. The summed E-state index contributed by atoms with van der Waals surface area (Å²) in [5, 5.41) is 16.0. The Hall–Kier alpha value is -2.41. The van der Waals surface area contributed by atoms with Gasteiger partial charge >= 0.3 is 7.12 Å². The smallest absolute Gasteiger partial charge is 0.404 e. The number of carbonyl (C=O) groups excluding carboxylic acids is 2. The van der Waals surface area contributed by atoms with Gasteiger partial charge in [0.15, 0.2) is 5.03 Å². The van der Waals surface area contributed by atoms with Crippen molar-refractivity contribution >= 4 is 24.9 Å². The van der Waals surface area contributed by atoms with Crippen LogP contribution < -0.4 is 21.8 Å². The van der Waals surface area contributed by atoms with Crippen LogP contribution >= 0.6 is 0 Å². The summed E-state index contributed by atoms with van der Waals surface area (Å²) in [6.07, 6.45) is 6.00. The first-order valence-corrected chi connectivity index (χ1v) is 15.7. The molecule has 1 heterocycles. The second kappa shape index (κ2) is 13.5. The van der Waals surface area contributed by atoms with Gasteiger partial charge in [0.05, 0.1) is 17.6 Å². The maximum Gasteiger partial charge on any atom is 0.481 e. The molecule has 4 rings (SSSR count). The first-order chi connectivity index (χ1) is 19.5. The Labute approximate surface area is 251 Å². The van der Waals surface area contributed by atoms with Gasteiger partial charge in [-0.15, -0.1) is 0 Å². The van der Waals surface area contributed by atoms with E-state index in [0.717, 1.165) is 25.7 Å². The first-order valence-electron chi connectivity index (χ1n) is 15.7. The third kappa shape index (κ3) is 7.75. The summed E-state index contributed by atoms with van der Waals surface area (Å²) in [6, 6.07) is -0.820. The van der Waals surface area contributed by atoms with Gasteiger partial charge in [-0.3, -0.25) is 9.59 Å². The van der Waals surface area contributed by atoms with Gasteiger partial charge in [0, 0.05) is 12.0 Å². The Morgan fingerprint density at radius 1 is 1.19 bits per heavy atom. The summed E-state index contributed by atoms with van der Waals surface area (Å²) in [5.74, 6) is 0.106. The molecule has 1 aliphatic heterocycles. The van der Waals surface area contributed by atoms with Gasteiger partial charge in [-0.2, -0.15) is 0 Å². The SMILES string of the molecule is CCCCC(C)(C)C(=O)N[C@@H](CCCN=C(N)N[N+](=O)[O-])C(=O)N[C@@H](CC(C)C)B1O[C@@H]2C[C@H]3C[C@H](C3(C)C)[C@]2(C)O1. The van der Waals surface area contributed by atoms with Crippen LogP contribution in [0.15, 0.2) is 4.99 Å². The molecule has 0 aromatic rings. The molecule has 0 aromatic carbocycles. The van der Waals surface area contributed by atoms with Gasteiger partial charge < -0.3 is 25.7 Å². The number of nitrogens with two attached hydrogens (primary N) is 1. The summed E-state index contributed by atoms with van der Waals surface area (Å²) in [4.78, 5) is 41.7. The van der Waals surface area contributed by atoms with Gasteiger partial charge in [-0.25, -0.2) is 15.1 Å². The summed E-state index contributed by atoms with van der Waals surface area (Å²) in [6.45, 7) is 17.0. The third-order valence-electron chi connectivity index (χ3n) is 9.88. The largest absolute Gasteiger partial charge is 0.481 e. The minimum Gasteiger partial charge on any atom is -0.404 e. The quantitative estimate of drug-likeness (QED) is 0.0560. The lowest BCUT2D eigenvalue weighted by atomic mass is 9.43. The standard InChI is InChI=1S/C29H53BN6O6/c1-9-10-13-27(4,5)25(38)33-20(12-11-14-32-26(31)35-36(39)40)24(37)34-23(15-18(2)3)30-41-22-17-19-16-21(28(19,6)7)29(22,8)42-30/h18-23H,9-17H2,1-8H3,(H,33,38)(H,34,37)(H3,31,32,35)/t19-,20+,21-,22-,23+,29+/m1/s1. The number of hydrogen-bond acceptors (Lipinski definition) is 7. The molecule has 0 radical (unpaired) electrons. The Bertz CT molecular complexity index is 1020. The van der Waals surface area contributed by atoms with Crippen LogP contribution in [0.25, 0.3) is 0 Å². The van der Waals surface area contributed by atoms with Gasteiger partial charge in [0.25, 0.3) is 5.96 Å². The van der Waals surface area contributed by atoms with Crippen LogP contribution in [-0.2, 0) is 18.9 Å². The molecule has 238 valence electrons. The molecule has 6 atom stereocenters. The highest BCUT2D eigenvalue weighted by Gasteiger charge is 2.68. The Kier molecular flexibility index (Phi) is 10.9. The van der Waals surface area contributed by atoms with Crippen molar-refractivity contribution in [2.24, 2.45) is 39.3 Å². The monoisotopic (exact) mass is 592 g/mol. The van der Waals surface area contributed by atoms with Crippen LogP contribution in [0, 0.1) is 38.7 Å². The van der Waals surface area contributed by atoms with Crippen LogP contribution in [0.2, 0.25) is 0 Å². The van der Waals surface area contributed by atoms with Crippen molar-refractivity contribution in [1.82, 2.24) is 16.1 Å². The fourth-order valence-corrected chi connectivity index (χ4v) is 7.08. The van der Waals surface area contributed by atoms with Crippen molar-refractivity contribution in [2.45, 2.75) is 130 Å². The number of guanidine groups is 1. The number of carbonyl (C=O) groups is 2. The fraction of sp³-hybridized carbons (Fsp3) is 0.897. The summed E-state index contributed by atoms with van der Waals surface area (Å²) in [7, 11) is -0.573. The zero-order valence-corrected chi connectivity index (χ0v) is 26.8. The molecule has 4 fully saturated rings. The summed E-state index contributed by atoms with van der Waals surface area (Å²) < 4.78 is 13.2. The van der Waals surface area contributed by atoms with Gasteiger partial charge in [-0.1, -0.05) is 66.7 Å². The van der Waals surface area contributed by atoms with Crippen molar-refractivity contribution in [3.8, 4) is 0 Å². The molecule has 3 saturated carbocycles. The summed E-state index contributed by atoms with van der Waals surface area (Å²) >= 11 is 0. The highest BCUT2D eigenvalue weighted by atomic mass is 16.7. The number of unbranched alkanes of at least 4 members (excludes halogenated alkanes) is 1. The molecule has 12 nitrogen and oxygen atoms in total. The maximum atomic E-state index is 13.8. The number of hydrogen-bond donors (Lipinski definition) is 4. The van der Waals surface area contributed by atoms with Crippen molar-refractivity contribution in [3.63, 3.8) is 0 Å². The lowest BCUT2D eigenvalue weighted by Crippen LogP contribution is -2.65. The molecule has 4 aliphatic rings. The van der Waals surface area contributed by atoms with Crippen molar-refractivity contribution in [2.75, 3.05) is 6.54 Å². The van der Waals surface area contributed by atoms with Crippen LogP contribution in [0.4, 0.5) is 0 Å². The zero-order chi connectivity index (χ0) is 31.5. The lowest BCUT2D eigenvalue weighted by Gasteiger charge is -2.64. The van der Waals surface area contributed by atoms with Crippen molar-refractivity contribution in [1.29, 1.82) is 0 Å². The van der Waals surface area contributed by atoms with E-state index < -0.39 is 29.2 Å². The lowest BCUT2D eigenvalue weighted by molar-refractivity contribution is -0.525. The number of rotatable bonds is 15. The number of nitro groups is 1. The molecule has 2 bridgehead atoms. The van der Waals surface area contributed by atoms with Crippen LogP contribution in [0.3, 0.4) is 0 Å². The number of hydrazine groups is 1. The molecule has 0 spiro atoms. The van der Waals surface area contributed by atoms with Gasteiger partial charge in [-0.05, 0) is 68.6 Å². The molecular formula is C29H53BN6O6. The van der Waals surface area contributed by atoms with E-state index in [0.29, 0.717) is 31.1 Å². The van der Waals surface area contributed by atoms with Crippen molar-refractivity contribution in [3.05, 3.63) is 10.1 Å². The molecule has 0 aromatic heterocycles. The zero-order valence-electron chi connectivity index (χ0n) is 26.8. The topological polar surface area (TPSA) is 170 Å². The highest BCUT2D eigenvalue weighted by molar-refractivity contribution is 6.48. The number of nitrogens with zero attached hydrogens (tertiary/aromatic N) is 2. The molecule has 5 N–H and O–H groups in total. The Morgan fingerprint density at radius 2 is 1.88 bits per heavy atom. The Morgan fingerprint density at radius 3 is 2.48 bits per heavy atom. The van der Waals surface area contributed by atoms with E-state index in [1.165, 1.54) is 0 Å². The first kappa shape index (κ1) is 34.1. The normalized spacial score (nSPS) is 28.0. The average Bonchev–Trinajstić information content (AvgIpc) is 3.25. The summed E-state index contributed by atoms with van der Waals surface area (Å²) in [5.41, 5.74) is 6.51. The average molecular weight is 593 g/mol. The highest BCUT2D eigenvalue weighted by Crippen LogP contribution is 2.65. The second-order valence-electron chi connectivity index (χ2n) is 14.4. The second-order valence-corrected chi connectivity index (χ2v) is 14.4. The molecule has 3 aliphatic carbocycles. The van der Waals surface area contributed by atoms with E-state index in [-0.39, 0.29) is 54.1 Å². The molecule has 1 saturated heterocycles. The molecule has 0 unspecified atom stereocenters. The number of aliphatic imine (C=N–C) groups is 1. The van der Waals surface area contributed by atoms with E-state index >= 15 is 0 Å². The van der Waals surface area contributed by atoms with Gasteiger partial charge in [0.1, 0.15) is 6.04 Å². The van der Waals surface area contributed by atoms with Gasteiger partial charge in [0.2, 0.25) is 11.8 Å². The Balaban J connectivity index is 1.73. The third-order valence-corrected chi connectivity index (χ3v) is 9.88. The molecule has 42 heavy (non-hydrogen) atoms.